The van der Waals surface area contributed by atoms with Gasteiger partial charge in [-0.1, -0.05) is 49.4 Å². The summed E-state index contributed by atoms with van der Waals surface area (Å²) < 4.78 is 7.67. The highest BCUT2D eigenvalue weighted by Gasteiger charge is 2.29. The number of benzene rings is 2. The quantitative estimate of drug-likeness (QED) is 0.152. The van der Waals surface area contributed by atoms with Crippen molar-refractivity contribution in [2.45, 2.75) is 45.6 Å². The summed E-state index contributed by atoms with van der Waals surface area (Å²) in [7, 11) is 1.73. The number of aromatic nitrogens is 3. The molecule has 2 heterocycles. The molecule has 36 heavy (non-hydrogen) atoms. The Kier molecular flexibility index (Phi) is 6.71. The molecule has 186 valence electrons. The Morgan fingerprint density at radius 1 is 1.19 bits per heavy atom. The summed E-state index contributed by atoms with van der Waals surface area (Å²) in [4.78, 5) is 10.1. The largest absolute Gasteiger partial charge is 0.384 e. The first-order chi connectivity index (χ1) is 17.5. The third-order valence-corrected chi connectivity index (χ3v) is 7.04. The number of pyridine rings is 1. The number of amidine groups is 1. The Morgan fingerprint density at radius 2 is 2.03 bits per heavy atom. The van der Waals surface area contributed by atoms with E-state index in [1.165, 1.54) is 11.1 Å². The average Bonchev–Trinajstić information content (AvgIpc) is 3.48. The molecular weight excluding hydrogens is 450 g/mol. The lowest BCUT2D eigenvalue weighted by Gasteiger charge is -2.18. The molecule has 0 aliphatic heterocycles. The molecule has 0 amide bonds. The number of nitrogens with two attached hydrogens (primary N) is 2. The predicted molar refractivity (Wildman–Crippen MR) is 144 cm³/mol. The second-order valence-corrected chi connectivity index (χ2v) is 9.24. The molecule has 1 atom stereocenters. The standard InChI is InChI=1S/C28H33N7O/c1-4-25-32-26-17(2)15-20(13-14-36-3)31-28(26)35(25)24-12-10-19-16-18(9-11-22(19)24)21-7-5-6-8-23(21)27(29)33-34-30/h5-9,11,15-16,24,34H,4,10,12-14,30H2,1-3H3,(H2,29,33). The maximum absolute atomic E-state index is 6.16. The number of hydrogen-bond acceptors (Lipinski definition) is 6. The molecule has 4 aromatic rings. The molecule has 0 saturated heterocycles. The number of hydrazine groups is 1. The molecule has 8 heteroatoms. The van der Waals surface area contributed by atoms with E-state index in [1.807, 2.05) is 18.2 Å². The van der Waals surface area contributed by atoms with Crippen molar-refractivity contribution >= 4 is 17.0 Å². The van der Waals surface area contributed by atoms with Gasteiger partial charge in [0.05, 0.1) is 12.6 Å². The average molecular weight is 484 g/mol. The number of rotatable bonds is 8. The van der Waals surface area contributed by atoms with Crippen molar-refractivity contribution < 1.29 is 4.74 Å². The molecule has 1 unspecified atom stereocenters. The van der Waals surface area contributed by atoms with Crippen LogP contribution in [0.2, 0.25) is 0 Å². The Balaban J connectivity index is 1.58. The van der Waals surface area contributed by atoms with Gasteiger partial charge in [0, 0.05) is 31.2 Å². The van der Waals surface area contributed by atoms with Crippen LogP contribution in [0.5, 0.6) is 0 Å². The number of methoxy groups -OCH3 is 1. The highest BCUT2D eigenvalue weighted by Crippen LogP contribution is 2.39. The Morgan fingerprint density at radius 3 is 2.81 bits per heavy atom. The molecule has 0 bridgehead atoms. The minimum Gasteiger partial charge on any atom is -0.384 e. The second-order valence-electron chi connectivity index (χ2n) is 9.24. The maximum Gasteiger partial charge on any atom is 0.161 e. The minimum absolute atomic E-state index is 0.210. The van der Waals surface area contributed by atoms with Gasteiger partial charge in [0.1, 0.15) is 11.3 Å². The number of fused-ring (bicyclic) bond motifs is 2. The van der Waals surface area contributed by atoms with Gasteiger partial charge in [-0.15, -0.1) is 5.10 Å². The summed E-state index contributed by atoms with van der Waals surface area (Å²) in [6, 6.07) is 17.0. The smallest absolute Gasteiger partial charge is 0.161 e. The third-order valence-electron chi connectivity index (χ3n) is 7.04. The summed E-state index contributed by atoms with van der Waals surface area (Å²) in [5.74, 6) is 6.80. The highest BCUT2D eigenvalue weighted by atomic mass is 16.5. The van der Waals surface area contributed by atoms with E-state index in [1.54, 1.807) is 7.11 Å². The first-order valence-corrected chi connectivity index (χ1v) is 12.4. The molecule has 1 aliphatic rings. The SMILES string of the molecule is CCc1nc2c(C)cc(CCOC)nc2n1C1CCc2cc(-c3ccccc3C(N)=NNN)ccc21. The van der Waals surface area contributed by atoms with Crippen molar-refractivity contribution in [2.75, 3.05) is 13.7 Å². The fraction of sp³-hybridized carbons (Fsp3) is 0.321. The molecule has 5 N–H and O–H groups in total. The van der Waals surface area contributed by atoms with Crippen molar-refractivity contribution in [1.82, 2.24) is 20.1 Å². The lowest BCUT2D eigenvalue weighted by Crippen LogP contribution is -2.23. The third kappa shape index (κ3) is 4.23. The Hall–Kier alpha value is -3.75. The van der Waals surface area contributed by atoms with E-state index in [4.69, 9.17) is 26.3 Å². The molecule has 2 aromatic carbocycles. The van der Waals surface area contributed by atoms with Gasteiger partial charge in [0.2, 0.25) is 0 Å². The van der Waals surface area contributed by atoms with Crippen LogP contribution in [0, 0.1) is 6.92 Å². The van der Waals surface area contributed by atoms with E-state index in [-0.39, 0.29) is 6.04 Å². The van der Waals surface area contributed by atoms with Gasteiger partial charge in [-0.3, -0.25) is 0 Å². The summed E-state index contributed by atoms with van der Waals surface area (Å²) in [6.07, 6.45) is 3.65. The van der Waals surface area contributed by atoms with Crippen LogP contribution >= 0.6 is 0 Å². The normalized spacial score (nSPS) is 15.4. The number of hydrogen-bond donors (Lipinski definition) is 3. The van der Waals surface area contributed by atoms with Crippen LogP contribution in [-0.4, -0.2) is 34.1 Å². The molecule has 0 fully saturated rings. The van der Waals surface area contributed by atoms with Gasteiger partial charge in [-0.05, 0) is 53.6 Å². The minimum atomic E-state index is 0.210. The van der Waals surface area contributed by atoms with Gasteiger partial charge >= 0.3 is 0 Å². The fourth-order valence-corrected chi connectivity index (χ4v) is 5.36. The van der Waals surface area contributed by atoms with E-state index in [9.17, 15) is 0 Å². The van der Waals surface area contributed by atoms with Gasteiger partial charge in [-0.25, -0.2) is 21.3 Å². The van der Waals surface area contributed by atoms with Crippen LogP contribution in [-0.2, 0) is 24.0 Å². The molecule has 8 nitrogen and oxygen atoms in total. The van der Waals surface area contributed by atoms with Crippen LogP contribution in [0.25, 0.3) is 22.3 Å². The van der Waals surface area contributed by atoms with Crippen molar-refractivity contribution in [2.24, 2.45) is 16.7 Å². The Bertz CT molecular complexity index is 1440. The molecule has 5 rings (SSSR count). The summed E-state index contributed by atoms with van der Waals surface area (Å²) in [5, 5.41) is 3.98. The number of nitrogens with one attached hydrogen (secondary N) is 1. The molecule has 1 aliphatic carbocycles. The second kappa shape index (κ2) is 10.1. The summed E-state index contributed by atoms with van der Waals surface area (Å²) >= 11 is 0. The van der Waals surface area contributed by atoms with Crippen LogP contribution in [0.1, 0.15) is 53.2 Å². The first kappa shape index (κ1) is 24.0. The monoisotopic (exact) mass is 483 g/mol. The van der Waals surface area contributed by atoms with E-state index >= 15 is 0 Å². The Labute approximate surface area is 211 Å². The van der Waals surface area contributed by atoms with E-state index in [2.05, 4.69) is 59.4 Å². The number of hydrazone groups is 1. The zero-order valence-electron chi connectivity index (χ0n) is 21.1. The topological polar surface area (TPSA) is 116 Å². The number of nitrogens with zero attached hydrogens (tertiary/aromatic N) is 4. The van der Waals surface area contributed by atoms with E-state index in [0.717, 1.165) is 70.6 Å². The van der Waals surface area contributed by atoms with E-state index in [0.29, 0.717) is 12.4 Å². The zero-order chi connectivity index (χ0) is 25.2. The van der Waals surface area contributed by atoms with Crippen molar-refractivity contribution in [3.63, 3.8) is 0 Å². The van der Waals surface area contributed by atoms with Crippen LogP contribution < -0.4 is 17.1 Å². The molecular formula is C28H33N7O. The molecule has 0 saturated carbocycles. The number of aryl methyl sites for hydroxylation is 3. The summed E-state index contributed by atoms with van der Waals surface area (Å²) in [6.45, 7) is 4.94. The van der Waals surface area contributed by atoms with Crippen LogP contribution in [0.4, 0.5) is 0 Å². The first-order valence-electron chi connectivity index (χ1n) is 12.4. The van der Waals surface area contributed by atoms with Crippen molar-refractivity contribution in [1.29, 1.82) is 0 Å². The zero-order valence-corrected chi connectivity index (χ0v) is 21.1. The molecule has 0 radical (unpaired) electrons. The lowest BCUT2D eigenvalue weighted by molar-refractivity contribution is 0.201. The van der Waals surface area contributed by atoms with Gasteiger partial charge < -0.3 is 15.0 Å². The van der Waals surface area contributed by atoms with Crippen molar-refractivity contribution in [3.8, 4) is 11.1 Å². The van der Waals surface area contributed by atoms with Crippen molar-refractivity contribution in [3.05, 3.63) is 82.3 Å². The molecule has 0 spiro atoms. The van der Waals surface area contributed by atoms with E-state index < -0.39 is 0 Å². The van der Waals surface area contributed by atoms with Gasteiger partial charge in [-0.2, -0.15) is 0 Å². The number of ether oxygens (including phenoxy) is 1. The van der Waals surface area contributed by atoms with Crippen LogP contribution in [0.15, 0.2) is 53.6 Å². The summed E-state index contributed by atoms with van der Waals surface area (Å²) in [5.41, 5.74) is 18.3. The van der Waals surface area contributed by atoms with Gasteiger partial charge in [0.15, 0.2) is 11.5 Å². The molecule has 2 aromatic heterocycles. The van der Waals surface area contributed by atoms with Gasteiger partial charge in [0.25, 0.3) is 0 Å². The lowest BCUT2D eigenvalue weighted by atomic mass is 9.95. The predicted octanol–water partition coefficient (Wildman–Crippen LogP) is 3.78. The maximum atomic E-state index is 6.16. The van der Waals surface area contributed by atoms with Crippen LogP contribution in [0.3, 0.4) is 0 Å². The fourth-order valence-electron chi connectivity index (χ4n) is 5.36. The number of imidazole rings is 1. The highest BCUT2D eigenvalue weighted by molar-refractivity contribution is 6.03.